The van der Waals surface area contributed by atoms with Gasteiger partial charge in [0.05, 0.1) is 10.8 Å². The first-order valence-corrected chi connectivity index (χ1v) is 12.1. The van der Waals surface area contributed by atoms with Gasteiger partial charge in [-0.15, -0.1) is 21.5 Å². The largest absolute Gasteiger partial charge is 0.360 e. The standard InChI is InChI=1S/C19H25N5OS3/c1-11(2)10-21-18-23-24-19(28-18)26-12(3)16(25)22-17-14(9-20)13-7-5-4-6-8-15(13)27-17/h11-12H,4-8,10H2,1-3H3,(H,21,23)(H,22,25)/t12-/m0/s1. The molecule has 0 radical (unpaired) electrons. The van der Waals surface area contributed by atoms with Crippen molar-refractivity contribution in [1.82, 2.24) is 10.2 Å². The molecular formula is C19H25N5OS3. The molecule has 2 aromatic heterocycles. The van der Waals surface area contributed by atoms with Crippen molar-refractivity contribution in [3.05, 3.63) is 16.0 Å². The van der Waals surface area contributed by atoms with Crippen molar-refractivity contribution in [2.75, 3.05) is 17.2 Å². The average molecular weight is 436 g/mol. The van der Waals surface area contributed by atoms with Gasteiger partial charge in [-0.1, -0.05) is 43.4 Å². The summed E-state index contributed by atoms with van der Waals surface area (Å²) in [5.74, 6) is 0.421. The van der Waals surface area contributed by atoms with E-state index in [0.717, 1.165) is 47.3 Å². The van der Waals surface area contributed by atoms with Gasteiger partial charge >= 0.3 is 0 Å². The van der Waals surface area contributed by atoms with Gasteiger partial charge in [-0.25, -0.2) is 0 Å². The molecule has 2 aromatic rings. The SMILES string of the molecule is CC(C)CNc1nnc(S[C@@H](C)C(=O)Nc2sc3c(c2C#N)CCCCC3)s1. The third-order valence-electron chi connectivity index (χ3n) is 4.48. The predicted molar refractivity (Wildman–Crippen MR) is 117 cm³/mol. The monoisotopic (exact) mass is 435 g/mol. The zero-order valence-electron chi connectivity index (χ0n) is 16.4. The Bertz CT molecular complexity index is 868. The number of aryl methyl sites for hydroxylation is 1. The lowest BCUT2D eigenvalue weighted by Gasteiger charge is -2.09. The second kappa shape index (κ2) is 9.72. The molecular weight excluding hydrogens is 410 g/mol. The smallest absolute Gasteiger partial charge is 0.238 e. The van der Waals surface area contributed by atoms with Gasteiger partial charge in [-0.3, -0.25) is 4.79 Å². The lowest BCUT2D eigenvalue weighted by molar-refractivity contribution is -0.115. The molecule has 1 atom stereocenters. The molecule has 0 saturated carbocycles. The van der Waals surface area contributed by atoms with Gasteiger partial charge in [0.1, 0.15) is 11.1 Å². The maximum absolute atomic E-state index is 12.7. The van der Waals surface area contributed by atoms with Crippen molar-refractivity contribution in [3.63, 3.8) is 0 Å². The van der Waals surface area contributed by atoms with E-state index < -0.39 is 0 Å². The highest BCUT2D eigenvalue weighted by atomic mass is 32.2. The van der Waals surface area contributed by atoms with Crippen LogP contribution in [0.5, 0.6) is 0 Å². The van der Waals surface area contributed by atoms with Gasteiger partial charge in [0, 0.05) is 11.4 Å². The summed E-state index contributed by atoms with van der Waals surface area (Å²) < 4.78 is 0.761. The van der Waals surface area contributed by atoms with Crippen LogP contribution in [0.15, 0.2) is 4.34 Å². The number of nitrogens with one attached hydrogen (secondary N) is 2. The quantitative estimate of drug-likeness (QED) is 0.473. The Morgan fingerprint density at radius 1 is 1.21 bits per heavy atom. The highest BCUT2D eigenvalue weighted by Gasteiger charge is 2.23. The van der Waals surface area contributed by atoms with Gasteiger partial charge in [-0.05, 0) is 44.1 Å². The lowest BCUT2D eigenvalue weighted by Crippen LogP contribution is -2.22. The lowest BCUT2D eigenvalue weighted by atomic mass is 10.1. The number of rotatable bonds is 7. The minimum atomic E-state index is -0.320. The van der Waals surface area contributed by atoms with E-state index in [9.17, 15) is 10.1 Å². The summed E-state index contributed by atoms with van der Waals surface area (Å²) >= 11 is 4.42. The van der Waals surface area contributed by atoms with Crippen LogP contribution < -0.4 is 10.6 Å². The Kier molecular flexibility index (Phi) is 7.32. The summed E-state index contributed by atoms with van der Waals surface area (Å²) in [6, 6.07) is 2.31. The number of anilines is 2. The fourth-order valence-electron chi connectivity index (χ4n) is 2.99. The van der Waals surface area contributed by atoms with Crippen LogP contribution in [0.2, 0.25) is 0 Å². The Labute approximate surface area is 178 Å². The molecule has 28 heavy (non-hydrogen) atoms. The van der Waals surface area contributed by atoms with E-state index in [4.69, 9.17) is 0 Å². The highest BCUT2D eigenvalue weighted by Crippen LogP contribution is 2.37. The molecule has 0 unspecified atom stereocenters. The van der Waals surface area contributed by atoms with Crippen LogP contribution in [-0.2, 0) is 17.6 Å². The zero-order valence-corrected chi connectivity index (χ0v) is 18.8. The van der Waals surface area contributed by atoms with E-state index in [0.29, 0.717) is 16.5 Å². The highest BCUT2D eigenvalue weighted by molar-refractivity contribution is 8.02. The van der Waals surface area contributed by atoms with E-state index >= 15 is 0 Å². The maximum atomic E-state index is 12.7. The van der Waals surface area contributed by atoms with Crippen molar-refractivity contribution in [2.24, 2.45) is 5.92 Å². The first-order chi connectivity index (χ1) is 13.5. The zero-order chi connectivity index (χ0) is 20.1. The molecule has 0 bridgehead atoms. The fourth-order valence-corrected chi connectivity index (χ4v) is 6.13. The Hall–Kier alpha value is -1.63. The van der Waals surface area contributed by atoms with Crippen LogP contribution in [0.4, 0.5) is 10.1 Å². The molecule has 1 aliphatic rings. The number of carbonyl (C=O) groups is 1. The number of hydrogen-bond acceptors (Lipinski definition) is 8. The summed E-state index contributed by atoms with van der Waals surface area (Å²) in [6.45, 7) is 6.97. The van der Waals surface area contributed by atoms with Crippen molar-refractivity contribution in [1.29, 1.82) is 5.26 Å². The molecule has 0 fully saturated rings. The van der Waals surface area contributed by atoms with E-state index in [1.165, 1.54) is 34.4 Å². The van der Waals surface area contributed by atoms with Crippen molar-refractivity contribution in [3.8, 4) is 6.07 Å². The van der Waals surface area contributed by atoms with Crippen LogP contribution in [0.1, 0.15) is 56.0 Å². The molecule has 0 aromatic carbocycles. The maximum Gasteiger partial charge on any atom is 0.238 e. The molecule has 3 rings (SSSR count). The van der Waals surface area contributed by atoms with Crippen LogP contribution in [-0.4, -0.2) is 27.9 Å². The Balaban J connectivity index is 1.63. The molecule has 9 heteroatoms. The van der Waals surface area contributed by atoms with Crippen molar-refractivity contribution < 1.29 is 4.79 Å². The minimum Gasteiger partial charge on any atom is -0.360 e. The molecule has 0 saturated heterocycles. The molecule has 1 aliphatic carbocycles. The predicted octanol–water partition coefficient (Wildman–Crippen LogP) is 4.93. The van der Waals surface area contributed by atoms with Gasteiger partial charge in [-0.2, -0.15) is 5.26 Å². The van der Waals surface area contributed by atoms with Crippen LogP contribution in [0.3, 0.4) is 0 Å². The first kappa shape index (κ1) is 21.1. The number of nitrogens with zero attached hydrogens (tertiary/aromatic N) is 3. The number of carbonyl (C=O) groups excluding carboxylic acids is 1. The molecule has 6 nitrogen and oxygen atoms in total. The number of thioether (sulfide) groups is 1. The van der Waals surface area contributed by atoms with E-state index in [-0.39, 0.29) is 11.2 Å². The number of hydrogen-bond donors (Lipinski definition) is 2. The number of amides is 1. The van der Waals surface area contributed by atoms with E-state index in [1.807, 2.05) is 6.92 Å². The summed E-state index contributed by atoms with van der Waals surface area (Å²) in [7, 11) is 0. The fraction of sp³-hybridized carbons (Fsp3) is 0.579. The number of fused-ring (bicyclic) bond motifs is 1. The average Bonchev–Trinajstić information content (AvgIpc) is 3.16. The van der Waals surface area contributed by atoms with Crippen molar-refractivity contribution >= 4 is 50.5 Å². The number of aromatic nitrogens is 2. The van der Waals surface area contributed by atoms with Crippen LogP contribution in [0.25, 0.3) is 0 Å². The molecule has 150 valence electrons. The van der Waals surface area contributed by atoms with Gasteiger partial charge < -0.3 is 10.6 Å². The third kappa shape index (κ3) is 5.25. The summed E-state index contributed by atoms with van der Waals surface area (Å²) in [4.78, 5) is 14.0. The molecule has 0 aliphatic heterocycles. The van der Waals surface area contributed by atoms with E-state index in [2.05, 4.69) is 40.7 Å². The minimum absolute atomic E-state index is 0.107. The van der Waals surface area contributed by atoms with E-state index in [1.54, 1.807) is 11.3 Å². The van der Waals surface area contributed by atoms with Gasteiger partial charge in [0.15, 0.2) is 4.34 Å². The normalized spacial score (nSPS) is 14.8. The molecule has 2 N–H and O–H groups in total. The summed E-state index contributed by atoms with van der Waals surface area (Å²) in [5.41, 5.74) is 1.80. The number of nitriles is 1. The van der Waals surface area contributed by atoms with Crippen molar-refractivity contribution in [2.45, 2.75) is 62.5 Å². The Morgan fingerprint density at radius 2 is 2.00 bits per heavy atom. The summed E-state index contributed by atoms with van der Waals surface area (Å²) in [5, 5.41) is 25.3. The second-order valence-corrected chi connectivity index (χ2v) is 10.9. The third-order valence-corrected chi connectivity index (χ3v) is 7.76. The molecule has 1 amide bonds. The van der Waals surface area contributed by atoms with Gasteiger partial charge in [0.2, 0.25) is 11.0 Å². The van der Waals surface area contributed by atoms with Crippen LogP contribution in [0, 0.1) is 17.2 Å². The molecule has 0 spiro atoms. The number of thiophene rings is 1. The summed E-state index contributed by atoms with van der Waals surface area (Å²) in [6.07, 6.45) is 5.42. The topological polar surface area (TPSA) is 90.7 Å². The second-order valence-electron chi connectivity index (χ2n) is 7.28. The first-order valence-electron chi connectivity index (χ1n) is 9.57. The Morgan fingerprint density at radius 3 is 2.75 bits per heavy atom. The van der Waals surface area contributed by atoms with Gasteiger partial charge in [0.25, 0.3) is 0 Å². The van der Waals surface area contributed by atoms with Crippen LogP contribution >= 0.6 is 34.4 Å². The molecule has 2 heterocycles.